The molecule has 0 saturated heterocycles. The van der Waals surface area contributed by atoms with Crippen LogP contribution in [-0.4, -0.2) is 45.8 Å². The van der Waals surface area contributed by atoms with E-state index < -0.39 is 17.9 Å². The molecule has 1 aromatic rings. The van der Waals surface area contributed by atoms with Crippen LogP contribution in [-0.2, 0) is 14.3 Å². The van der Waals surface area contributed by atoms with Gasteiger partial charge in [0.15, 0.2) is 0 Å². The number of carboxylic acids is 3. The molecule has 198 valence electrons. The summed E-state index contributed by atoms with van der Waals surface area (Å²) in [5.74, 6) is -2.91. The maximum absolute atomic E-state index is 11.5. The van der Waals surface area contributed by atoms with Gasteiger partial charge in [-0.2, -0.15) is 0 Å². The highest BCUT2D eigenvalue weighted by atomic mass is 16.5. The fourth-order valence-electron chi connectivity index (χ4n) is 3.33. The number of carbonyl (C=O) groups is 4. The molecule has 0 heterocycles. The van der Waals surface area contributed by atoms with E-state index in [0.29, 0.717) is 13.0 Å². The first kappa shape index (κ1) is 32.1. The molecular formula is C27H42O8. The number of carbonyl (C=O) groups excluding carboxylic acids is 1. The zero-order chi connectivity index (χ0) is 26.3. The second kappa shape index (κ2) is 21.6. The predicted octanol–water partition coefficient (Wildman–Crippen LogP) is 6.57. The van der Waals surface area contributed by atoms with Gasteiger partial charge >= 0.3 is 23.9 Å². The summed E-state index contributed by atoms with van der Waals surface area (Å²) in [6.45, 7) is 2.79. The maximum Gasteiger partial charge on any atom is 0.335 e. The molecule has 8 heteroatoms. The van der Waals surface area contributed by atoms with Gasteiger partial charge in [-0.1, -0.05) is 71.1 Å². The Balaban J connectivity index is 0.000000801. The minimum atomic E-state index is -1.06. The number of hydrogen-bond acceptors (Lipinski definition) is 5. The van der Waals surface area contributed by atoms with Crippen LogP contribution in [0.2, 0.25) is 0 Å². The minimum Gasteiger partial charge on any atom is -0.481 e. The Morgan fingerprint density at radius 1 is 0.600 bits per heavy atom. The Morgan fingerprint density at radius 3 is 1.43 bits per heavy atom. The van der Waals surface area contributed by atoms with Crippen LogP contribution < -0.4 is 0 Å². The van der Waals surface area contributed by atoms with Crippen molar-refractivity contribution < 1.29 is 39.2 Å². The van der Waals surface area contributed by atoms with E-state index in [1.54, 1.807) is 0 Å². The predicted molar refractivity (Wildman–Crippen MR) is 134 cm³/mol. The van der Waals surface area contributed by atoms with Crippen molar-refractivity contribution in [2.75, 3.05) is 6.61 Å². The molecule has 0 bridgehead atoms. The van der Waals surface area contributed by atoms with Gasteiger partial charge in [-0.25, -0.2) is 9.59 Å². The van der Waals surface area contributed by atoms with Gasteiger partial charge in [-0.3, -0.25) is 9.59 Å². The molecule has 0 unspecified atom stereocenters. The lowest BCUT2D eigenvalue weighted by molar-refractivity contribution is -0.144. The Morgan fingerprint density at radius 2 is 1.00 bits per heavy atom. The summed E-state index contributed by atoms with van der Waals surface area (Å²) in [6, 6.07) is 5.02. The Bertz CT molecular complexity index is 694. The second-order valence-electron chi connectivity index (χ2n) is 8.54. The highest BCUT2D eigenvalue weighted by molar-refractivity contribution is 5.91. The van der Waals surface area contributed by atoms with Crippen molar-refractivity contribution >= 4 is 23.9 Å². The first-order valence-corrected chi connectivity index (χ1v) is 12.7. The van der Waals surface area contributed by atoms with Crippen LogP contribution in [0.5, 0.6) is 0 Å². The normalized spacial score (nSPS) is 10.2. The number of aromatic carboxylic acids is 2. The summed E-state index contributed by atoms with van der Waals surface area (Å²) in [7, 11) is 0. The summed E-state index contributed by atoms with van der Waals surface area (Å²) < 4.78 is 5.24. The summed E-state index contributed by atoms with van der Waals surface area (Å²) in [5.41, 5.74) is 0.167. The topological polar surface area (TPSA) is 138 Å². The Kier molecular flexibility index (Phi) is 19.8. The van der Waals surface area contributed by atoms with E-state index in [1.165, 1.54) is 56.4 Å². The molecule has 0 amide bonds. The molecule has 35 heavy (non-hydrogen) atoms. The fraction of sp³-hybridized carbons (Fsp3) is 0.630. The average Bonchev–Trinajstić information content (AvgIpc) is 2.82. The summed E-state index contributed by atoms with van der Waals surface area (Å²) >= 11 is 0. The molecule has 8 nitrogen and oxygen atoms in total. The zero-order valence-electron chi connectivity index (χ0n) is 21.0. The number of hydrogen-bond donors (Lipinski definition) is 3. The number of aliphatic carboxylic acids is 1. The SMILES string of the molecule is CCCCCCCCCOC(=O)CCCCCCCCC(=O)O.O=C(O)c1ccc(C(=O)O)cc1. The van der Waals surface area contributed by atoms with E-state index in [1.807, 2.05) is 0 Å². The van der Waals surface area contributed by atoms with E-state index in [0.717, 1.165) is 51.4 Å². The third-order valence-electron chi connectivity index (χ3n) is 5.41. The van der Waals surface area contributed by atoms with Gasteiger partial charge < -0.3 is 20.1 Å². The summed E-state index contributed by atoms with van der Waals surface area (Å²) in [5, 5.41) is 25.5. The van der Waals surface area contributed by atoms with Crippen LogP contribution in [0.25, 0.3) is 0 Å². The van der Waals surface area contributed by atoms with Crippen LogP contribution in [0, 0.1) is 0 Å². The third kappa shape index (κ3) is 20.2. The first-order valence-electron chi connectivity index (χ1n) is 12.7. The van der Waals surface area contributed by atoms with Crippen molar-refractivity contribution in [3.8, 4) is 0 Å². The quantitative estimate of drug-likeness (QED) is 0.145. The van der Waals surface area contributed by atoms with Crippen LogP contribution in [0.1, 0.15) is 124 Å². The molecule has 0 spiro atoms. The lowest BCUT2D eigenvalue weighted by Gasteiger charge is -2.05. The molecular weight excluding hydrogens is 452 g/mol. The van der Waals surface area contributed by atoms with Crippen molar-refractivity contribution in [2.45, 2.75) is 103 Å². The van der Waals surface area contributed by atoms with Gasteiger partial charge in [0.2, 0.25) is 0 Å². The van der Waals surface area contributed by atoms with Crippen molar-refractivity contribution in [3.05, 3.63) is 35.4 Å². The molecule has 0 fully saturated rings. The number of ether oxygens (including phenoxy) is 1. The van der Waals surface area contributed by atoms with Crippen molar-refractivity contribution in [1.29, 1.82) is 0 Å². The minimum absolute atomic E-state index is 0.0677. The molecule has 1 rings (SSSR count). The van der Waals surface area contributed by atoms with E-state index in [2.05, 4.69) is 6.92 Å². The molecule has 0 aliphatic rings. The maximum atomic E-state index is 11.5. The van der Waals surface area contributed by atoms with Crippen molar-refractivity contribution in [3.63, 3.8) is 0 Å². The highest BCUT2D eigenvalue weighted by Crippen LogP contribution is 2.10. The molecule has 0 aliphatic heterocycles. The van der Waals surface area contributed by atoms with Gasteiger partial charge in [0.1, 0.15) is 0 Å². The van der Waals surface area contributed by atoms with Gasteiger partial charge in [-0.15, -0.1) is 0 Å². The fourth-order valence-corrected chi connectivity index (χ4v) is 3.33. The number of carboxylic acid groups (broad SMARTS) is 3. The van der Waals surface area contributed by atoms with Gasteiger partial charge in [0.05, 0.1) is 17.7 Å². The largest absolute Gasteiger partial charge is 0.481 e. The molecule has 0 radical (unpaired) electrons. The monoisotopic (exact) mass is 494 g/mol. The molecule has 3 N–H and O–H groups in total. The lowest BCUT2D eigenvalue weighted by atomic mass is 10.1. The number of unbranched alkanes of at least 4 members (excludes halogenated alkanes) is 11. The molecule has 0 saturated carbocycles. The van der Waals surface area contributed by atoms with Crippen LogP contribution in [0.3, 0.4) is 0 Å². The van der Waals surface area contributed by atoms with Crippen molar-refractivity contribution in [1.82, 2.24) is 0 Å². The lowest BCUT2D eigenvalue weighted by Crippen LogP contribution is -2.05. The number of esters is 1. The third-order valence-corrected chi connectivity index (χ3v) is 5.41. The molecule has 1 aromatic carbocycles. The summed E-state index contributed by atoms with van der Waals surface area (Å²) in [4.78, 5) is 42.6. The van der Waals surface area contributed by atoms with Crippen LogP contribution in [0.15, 0.2) is 24.3 Å². The average molecular weight is 495 g/mol. The Hall–Kier alpha value is -2.90. The second-order valence-corrected chi connectivity index (χ2v) is 8.54. The standard InChI is InChI=1S/C19H36O4.C8H6O4/c1-2-3-4-5-8-11-14-17-23-19(22)16-13-10-7-6-9-12-15-18(20)21;9-7(10)5-1-2-6(4-3-5)8(11)12/h2-17H2,1H3,(H,20,21);1-4H,(H,9,10)(H,11,12). The van der Waals surface area contributed by atoms with E-state index in [9.17, 15) is 19.2 Å². The number of rotatable bonds is 19. The van der Waals surface area contributed by atoms with Crippen molar-refractivity contribution in [2.24, 2.45) is 0 Å². The van der Waals surface area contributed by atoms with Gasteiger partial charge in [-0.05, 0) is 43.5 Å². The number of benzene rings is 1. The van der Waals surface area contributed by atoms with E-state index in [-0.39, 0.29) is 23.5 Å². The molecule has 0 atom stereocenters. The van der Waals surface area contributed by atoms with Gasteiger partial charge in [0, 0.05) is 12.8 Å². The van der Waals surface area contributed by atoms with Crippen LogP contribution >= 0.6 is 0 Å². The van der Waals surface area contributed by atoms with Crippen LogP contribution in [0.4, 0.5) is 0 Å². The smallest absolute Gasteiger partial charge is 0.335 e. The van der Waals surface area contributed by atoms with E-state index in [4.69, 9.17) is 20.1 Å². The molecule has 0 aromatic heterocycles. The van der Waals surface area contributed by atoms with Gasteiger partial charge in [0.25, 0.3) is 0 Å². The zero-order valence-corrected chi connectivity index (χ0v) is 21.0. The molecule has 0 aliphatic carbocycles. The Labute approximate surface area is 208 Å². The highest BCUT2D eigenvalue weighted by Gasteiger charge is 2.05. The van der Waals surface area contributed by atoms with E-state index >= 15 is 0 Å². The summed E-state index contributed by atoms with van der Waals surface area (Å²) in [6.07, 6.45) is 15.2. The first-order chi connectivity index (χ1) is 16.8.